The normalized spacial score (nSPS) is 12.0. The Morgan fingerprint density at radius 3 is 2.38 bits per heavy atom. The first-order valence-electron chi connectivity index (χ1n) is 5.84. The van der Waals surface area contributed by atoms with Gasteiger partial charge >= 0.3 is 6.18 Å². The third kappa shape index (κ3) is 2.52. The zero-order valence-corrected chi connectivity index (χ0v) is 11.2. The molecule has 3 aromatic rings. The number of aromatic nitrogens is 3. The van der Waals surface area contributed by atoms with E-state index in [1.54, 1.807) is 24.3 Å². The SMILES string of the molecule is Nc1cc(C(F)(F)F)nc2cc(-c3ccc(Cl)cc3)nn12. The van der Waals surface area contributed by atoms with Crippen molar-refractivity contribution in [2.45, 2.75) is 6.18 Å². The molecule has 0 unspecified atom stereocenters. The predicted octanol–water partition coefficient (Wildman–Crippen LogP) is 3.65. The molecule has 0 saturated carbocycles. The molecule has 0 aliphatic rings. The van der Waals surface area contributed by atoms with Crippen molar-refractivity contribution in [1.82, 2.24) is 14.6 Å². The molecule has 21 heavy (non-hydrogen) atoms. The van der Waals surface area contributed by atoms with Crippen molar-refractivity contribution < 1.29 is 13.2 Å². The van der Waals surface area contributed by atoms with Crippen LogP contribution in [0.2, 0.25) is 5.02 Å². The first-order valence-corrected chi connectivity index (χ1v) is 6.22. The summed E-state index contributed by atoms with van der Waals surface area (Å²) in [4.78, 5) is 3.54. The molecule has 3 rings (SSSR count). The second-order valence-electron chi connectivity index (χ2n) is 4.37. The lowest BCUT2D eigenvalue weighted by Gasteiger charge is -2.06. The van der Waals surface area contributed by atoms with Gasteiger partial charge in [-0.05, 0) is 12.1 Å². The average Bonchev–Trinajstić information content (AvgIpc) is 2.83. The highest BCUT2D eigenvalue weighted by molar-refractivity contribution is 6.30. The molecule has 0 spiro atoms. The van der Waals surface area contributed by atoms with Crippen molar-refractivity contribution in [1.29, 1.82) is 0 Å². The molecule has 4 nitrogen and oxygen atoms in total. The second kappa shape index (κ2) is 4.63. The number of anilines is 1. The molecule has 2 N–H and O–H groups in total. The van der Waals surface area contributed by atoms with Crippen molar-refractivity contribution in [2.24, 2.45) is 0 Å². The zero-order valence-electron chi connectivity index (χ0n) is 10.4. The van der Waals surface area contributed by atoms with Gasteiger partial charge in [0.1, 0.15) is 5.82 Å². The van der Waals surface area contributed by atoms with Gasteiger partial charge in [0.05, 0.1) is 5.69 Å². The van der Waals surface area contributed by atoms with Crippen LogP contribution >= 0.6 is 11.6 Å². The van der Waals surface area contributed by atoms with E-state index in [4.69, 9.17) is 17.3 Å². The van der Waals surface area contributed by atoms with Crippen LogP contribution in [0.4, 0.5) is 19.0 Å². The molecule has 0 fully saturated rings. The van der Waals surface area contributed by atoms with Gasteiger partial charge in [0.15, 0.2) is 11.3 Å². The number of fused-ring (bicyclic) bond motifs is 1. The predicted molar refractivity (Wildman–Crippen MR) is 72.8 cm³/mol. The highest BCUT2D eigenvalue weighted by Gasteiger charge is 2.33. The smallest absolute Gasteiger partial charge is 0.384 e. The fourth-order valence-electron chi connectivity index (χ4n) is 1.90. The molecule has 1 aromatic carbocycles. The van der Waals surface area contributed by atoms with E-state index in [0.29, 0.717) is 16.3 Å². The molecule has 2 heterocycles. The Balaban J connectivity index is 2.16. The number of alkyl halides is 3. The van der Waals surface area contributed by atoms with Crippen molar-refractivity contribution in [2.75, 3.05) is 5.73 Å². The summed E-state index contributed by atoms with van der Waals surface area (Å²) in [6.45, 7) is 0. The lowest BCUT2D eigenvalue weighted by atomic mass is 10.2. The average molecular weight is 313 g/mol. The van der Waals surface area contributed by atoms with Gasteiger partial charge in [-0.1, -0.05) is 23.7 Å². The Hall–Kier alpha value is -2.28. The van der Waals surface area contributed by atoms with Gasteiger partial charge in [-0.2, -0.15) is 22.8 Å². The molecule has 0 amide bonds. The number of hydrogen-bond acceptors (Lipinski definition) is 3. The lowest BCUT2D eigenvalue weighted by Crippen LogP contribution is -2.11. The second-order valence-corrected chi connectivity index (χ2v) is 4.81. The summed E-state index contributed by atoms with van der Waals surface area (Å²) in [5, 5.41) is 4.71. The lowest BCUT2D eigenvalue weighted by molar-refractivity contribution is -0.141. The Morgan fingerprint density at radius 1 is 1.10 bits per heavy atom. The minimum atomic E-state index is -4.55. The summed E-state index contributed by atoms with van der Waals surface area (Å²) in [6, 6.07) is 8.95. The number of rotatable bonds is 1. The Bertz CT molecular complexity index is 809. The van der Waals surface area contributed by atoms with E-state index in [9.17, 15) is 13.2 Å². The van der Waals surface area contributed by atoms with Crippen molar-refractivity contribution >= 4 is 23.1 Å². The Kier molecular flexibility index (Phi) is 3.02. The molecule has 108 valence electrons. The molecule has 8 heteroatoms. The van der Waals surface area contributed by atoms with Crippen LogP contribution in [0.1, 0.15) is 5.69 Å². The number of nitrogen functional groups attached to an aromatic ring is 1. The Labute approximate surface area is 122 Å². The van der Waals surface area contributed by atoms with E-state index >= 15 is 0 Å². The van der Waals surface area contributed by atoms with Gasteiger partial charge < -0.3 is 5.73 Å². The van der Waals surface area contributed by atoms with Crippen LogP contribution in [0.15, 0.2) is 36.4 Å². The van der Waals surface area contributed by atoms with E-state index in [-0.39, 0.29) is 11.5 Å². The largest absolute Gasteiger partial charge is 0.433 e. The maximum Gasteiger partial charge on any atom is 0.433 e. The number of nitrogens with zero attached hydrogens (tertiary/aromatic N) is 3. The summed E-state index contributed by atoms with van der Waals surface area (Å²) in [7, 11) is 0. The van der Waals surface area contributed by atoms with E-state index in [0.717, 1.165) is 6.07 Å². The van der Waals surface area contributed by atoms with Crippen LogP contribution in [-0.4, -0.2) is 14.6 Å². The van der Waals surface area contributed by atoms with Gasteiger partial charge in [0.25, 0.3) is 0 Å². The standard InChI is InChI=1S/C13H8ClF3N4/c14-8-3-1-7(2-4-8)9-5-12-19-10(13(15,16)17)6-11(18)21(12)20-9/h1-6H,18H2. The van der Waals surface area contributed by atoms with Crippen molar-refractivity contribution in [3.05, 3.63) is 47.1 Å². The van der Waals surface area contributed by atoms with E-state index in [2.05, 4.69) is 10.1 Å². The van der Waals surface area contributed by atoms with Gasteiger partial charge in [-0.25, -0.2) is 4.98 Å². The summed E-state index contributed by atoms with van der Waals surface area (Å²) < 4.78 is 39.3. The number of hydrogen-bond donors (Lipinski definition) is 1. The number of benzene rings is 1. The highest BCUT2D eigenvalue weighted by Crippen LogP contribution is 2.30. The fourth-order valence-corrected chi connectivity index (χ4v) is 2.03. The van der Waals surface area contributed by atoms with Gasteiger partial charge in [-0.15, -0.1) is 0 Å². The Morgan fingerprint density at radius 2 is 1.76 bits per heavy atom. The number of nitrogens with two attached hydrogens (primary N) is 1. The minimum absolute atomic E-state index is 0.0345. The van der Waals surface area contributed by atoms with Crippen LogP contribution in [0.5, 0.6) is 0 Å². The van der Waals surface area contributed by atoms with Crippen molar-refractivity contribution in [3.63, 3.8) is 0 Å². The summed E-state index contributed by atoms with van der Waals surface area (Å²) in [5.74, 6) is -0.132. The minimum Gasteiger partial charge on any atom is -0.384 e. The molecular weight excluding hydrogens is 305 g/mol. The van der Waals surface area contributed by atoms with Gasteiger partial charge in [0.2, 0.25) is 0 Å². The van der Waals surface area contributed by atoms with Gasteiger partial charge in [-0.3, -0.25) is 0 Å². The van der Waals surface area contributed by atoms with Crippen LogP contribution in [-0.2, 0) is 6.18 Å². The highest BCUT2D eigenvalue weighted by atomic mass is 35.5. The molecule has 0 bridgehead atoms. The molecule has 0 saturated heterocycles. The molecular formula is C13H8ClF3N4. The summed E-state index contributed by atoms with van der Waals surface area (Å²) in [5.41, 5.74) is 5.77. The van der Waals surface area contributed by atoms with Crippen LogP contribution in [0.25, 0.3) is 16.9 Å². The maximum atomic E-state index is 12.7. The first-order chi connectivity index (χ1) is 9.84. The molecule has 0 radical (unpaired) electrons. The van der Waals surface area contributed by atoms with E-state index in [1.807, 2.05) is 0 Å². The summed E-state index contributed by atoms with van der Waals surface area (Å²) >= 11 is 5.79. The summed E-state index contributed by atoms with van der Waals surface area (Å²) in [6.07, 6.45) is -4.55. The maximum absolute atomic E-state index is 12.7. The molecule has 0 atom stereocenters. The van der Waals surface area contributed by atoms with E-state index in [1.165, 1.54) is 10.6 Å². The zero-order chi connectivity index (χ0) is 15.2. The molecule has 0 aliphatic heterocycles. The molecule has 2 aromatic heterocycles. The first kappa shape index (κ1) is 13.7. The monoisotopic (exact) mass is 312 g/mol. The third-order valence-corrected chi connectivity index (χ3v) is 3.14. The quantitative estimate of drug-likeness (QED) is 0.746. The van der Waals surface area contributed by atoms with Gasteiger partial charge in [0, 0.05) is 22.7 Å². The topological polar surface area (TPSA) is 56.2 Å². The number of halogens is 4. The molecule has 0 aliphatic carbocycles. The van der Waals surface area contributed by atoms with Crippen LogP contribution in [0, 0.1) is 0 Å². The van der Waals surface area contributed by atoms with E-state index < -0.39 is 11.9 Å². The van der Waals surface area contributed by atoms with Crippen molar-refractivity contribution in [3.8, 4) is 11.3 Å². The van der Waals surface area contributed by atoms with Crippen LogP contribution in [0.3, 0.4) is 0 Å². The third-order valence-electron chi connectivity index (χ3n) is 2.89. The fraction of sp³-hybridized carbons (Fsp3) is 0.0769. The van der Waals surface area contributed by atoms with Crippen LogP contribution < -0.4 is 5.73 Å².